The van der Waals surface area contributed by atoms with Gasteiger partial charge in [0.2, 0.25) is 0 Å². The highest BCUT2D eigenvalue weighted by molar-refractivity contribution is 5.92. The number of carbonyl (C=O) groups is 1. The highest BCUT2D eigenvalue weighted by Gasteiger charge is 2.08. The standard InChI is InChI=1S/C23H21N3O2/c1-16-5-11-20(12-6-16)28-15-22(27)24-19-9-7-18(8-10-19)21-14-26-13-3-4-17(2)23(26)25-21/h3-14H,15H2,1-2H3,(H,24,27). The number of aryl methyl sites for hydroxylation is 2. The van der Waals surface area contributed by atoms with Crippen molar-refractivity contribution in [3.8, 4) is 17.0 Å². The number of aromatic nitrogens is 2. The Hall–Kier alpha value is -3.60. The predicted octanol–water partition coefficient (Wildman–Crippen LogP) is 4.64. The minimum atomic E-state index is -0.198. The van der Waals surface area contributed by atoms with Crippen molar-refractivity contribution >= 4 is 17.2 Å². The van der Waals surface area contributed by atoms with E-state index in [1.807, 2.05) is 91.3 Å². The molecule has 0 unspecified atom stereocenters. The number of hydrogen-bond acceptors (Lipinski definition) is 3. The average Bonchev–Trinajstić information content (AvgIpc) is 3.14. The van der Waals surface area contributed by atoms with Crippen molar-refractivity contribution in [1.29, 1.82) is 0 Å². The third-order valence-electron chi connectivity index (χ3n) is 4.53. The Kier molecular flexibility index (Phi) is 4.81. The fourth-order valence-corrected chi connectivity index (χ4v) is 3.00. The second-order valence-corrected chi connectivity index (χ2v) is 6.78. The van der Waals surface area contributed by atoms with Gasteiger partial charge in [-0.2, -0.15) is 0 Å². The lowest BCUT2D eigenvalue weighted by molar-refractivity contribution is -0.118. The molecule has 0 fully saturated rings. The Morgan fingerprint density at radius 3 is 2.50 bits per heavy atom. The van der Waals surface area contributed by atoms with Gasteiger partial charge in [-0.15, -0.1) is 0 Å². The van der Waals surface area contributed by atoms with Crippen LogP contribution in [0.2, 0.25) is 0 Å². The normalized spacial score (nSPS) is 10.8. The summed E-state index contributed by atoms with van der Waals surface area (Å²) in [6.45, 7) is 4.02. The van der Waals surface area contributed by atoms with Crippen molar-refractivity contribution in [2.45, 2.75) is 13.8 Å². The molecule has 1 amide bonds. The Balaban J connectivity index is 1.40. The van der Waals surface area contributed by atoms with Crippen LogP contribution >= 0.6 is 0 Å². The maximum Gasteiger partial charge on any atom is 0.262 e. The van der Waals surface area contributed by atoms with E-state index in [-0.39, 0.29) is 12.5 Å². The average molecular weight is 371 g/mol. The van der Waals surface area contributed by atoms with E-state index in [9.17, 15) is 4.79 Å². The van der Waals surface area contributed by atoms with Gasteiger partial charge in [0.25, 0.3) is 5.91 Å². The van der Waals surface area contributed by atoms with Gasteiger partial charge in [-0.3, -0.25) is 4.79 Å². The monoisotopic (exact) mass is 371 g/mol. The van der Waals surface area contributed by atoms with E-state index in [2.05, 4.69) is 5.32 Å². The van der Waals surface area contributed by atoms with Gasteiger partial charge in [0, 0.05) is 23.6 Å². The molecule has 0 saturated heterocycles. The van der Waals surface area contributed by atoms with Crippen LogP contribution in [0.15, 0.2) is 73.1 Å². The summed E-state index contributed by atoms with van der Waals surface area (Å²) in [4.78, 5) is 16.8. The molecule has 5 nitrogen and oxygen atoms in total. The third kappa shape index (κ3) is 3.88. The number of imidazole rings is 1. The molecule has 0 spiro atoms. The van der Waals surface area contributed by atoms with Crippen LogP contribution in [0.25, 0.3) is 16.9 Å². The third-order valence-corrected chi connectivity index (χ3v) is 4.53. The predicted molar refractivity (Wildman–Crippen MR) is 111 cm³/mol. The summed E-state index contributed by atoms with van der Waals surface area (Å²) >= 11 is 0. The molecular formula is C23H21N3O2. The summed E-state index contributed by atoms with van der Waals surface area (Å²) < 4.78 is 7.52. The lowest BCUT2D eigenvalue weighted by Crippen LogP contribution is -2.20. The maximum absolute atomic E-state index is 12.1. The fourth-order valence-electron chi connectivity index (χ4n) is 3.00. The topological polar surface area (TPSA) is 55.6 Å². The molecule has 140 valence electrons. The van der Waals surface area contributed by atoms with Crippen LogP contribution in [-0.4, -0.2) is 21.9 Å². The zero-order valence-electron chi connectivity index (χ0n) is 15.8. The van der Waals surface area contributed by atoms with E-state index in [1.54, 1.807) is 0 Å². The quantitative estimate of drug-likeness (QED) is 0.556. The summed E-state index contributed by atoms with van der Waals surface area (Å²) in [5.41, 5.74) is 5.85. The van der Waals surface area contributed by atoms with E-state index in [4.69, 9.17) is 9.72 Å². The number of hydrogen-bond donors (Lipinski definition) is 1. The highest BCUT2D eigenvalue weighted by Crippen LogP contribution is 2.22. The first-order chi connectivity index (χ1) is 13.6. The van der Waals surface area contributed by atoms with Crippen LogP contribution in [0.1, 0.15) is 11.1 Å². The van der Waals surface area contributed by atoms with Gasteiger partial charge < -0.3 is 14.5 Å². The molecule has 4 rings (SSSR count). The first-order valence-electron chi connectivity index (χ1n) is 9.12. The van der Waals surface area contributed by atoms with Gasteiger partial charge in [0.15, 0.2) is 6.61 Å². The van der Waals surface area contributed by atoms with E-state index in [1.165, 1.54) is 0 Å². The van der Waals surface area contributed by atoms with Crippen LogP contribution in [0.4, 0.5) is 5.69 Å². The fraction of sp³-hybridized carbons (Fsp3) is 0.130. The SMILES string of the molecule is Cc1ccc(OCC(=O)Nc2ccc(-c3cn4cccc(C)c4n3)cc2)cc1. The first kappa shape index (κ1) is 17.8. The number of pyridine rings is 1. The number of ether oxygens (including phenoxy) is 1. The molecular weight excluding hydrogens is 350 g/mol. The van der Waals surface area contributed by atoms with Crippen molar-refractivity contribution < 1.29 is 9.53 Å². The minimum Gasteiger partial charge on any atom is -0.484 e. The van der Waals surface area contributed by atoms with E-state index in [0.717, 1.165) is 33.7 Å². The molecule has 0 aliphatic carbocycles. The second-order valence-electron chi connectivity index (χ2n) is 6.78. The molecule has 5 heteroatoms. The van der Waals surface area contributed by atoms with Crippen LogP contribution in [0.3, 0.4) is 0 Å². The Bertz CT molecular complexity index is 1110. The lowest BCUT2D eigenvalue weighted by Gasteiger charge is -2.08. The van der Waals surface area contributed by atoms with Crippen LogP contribution in [-0.2, 0) is 4.79 Å². The molecule has 4 aromatic rings. The summed E-state index contributed by atoms with van der Waals surface area (Å²) in [7, 11) is 0. The van der Waals surface area contributed by atoms with E-state index >= 15 is 0 Å². The molecule has 0 atom stereocenters. The molecule has 2 aromatic heterocycles. The molecule has 28 heavy (non-hydrogen) atoms. The van der Waals surface area contributed by atoms with Gasteiger partial charge in [0.1, 0.15) is 11.4 Å². The number of amides is 1. The van der Waals surface area contributed by atoms with E-state index in [0.29, 0.717) is 5.75 Å². The molecule has 0 saturated carbocycles. The number of nitrogens with one attached hydrogen (secondary N) is 1. The van der Waals surface area contributed by atoms with Crippen LogP contribution in [0.5, 0.6) is 5.75 Å². The van der Waals surface area contributed by atoms with Crippen molar-refractivity contribution in [3.05, 3.63) is 84.2 Å². The summed E-state index contributed by atoms with van der Waals surface area (Å²) in [5.74, 6) is 0.481. The van der Waals surface area contributed by atoms with Crippen molar-refractivity contribution in [3.63, 3.8) is 0 Å². The number of rotatable bonds is 5. The second kappa shape index (κ2) is 7.56. The summed E-state index contributed by atoms with van der Waals surface area (Å²) in [5, 5.41) is 2.85. The minimum absolute atomic E-state index is 0.0312. The van der Waals surface area contributed by atoms with Gasteiger partial charge in [0.05, 0.1) is 5.69 Å². The van der Waals surface area contributed by atoms with Gasteiger partial charge in [-0.25, -0.2) is 4.98 Å². The molecule has 0 radical (unpaired) electrons. The Morgan fingerprint density at radius 2 is 1.79 bits per heavy atom. The molecule has 2 aromatic carbocycles. The zero-order chi connectivity index (χ0) is 19.5. The smallest absolute Gasteiger partial charge is 0.262 e. The molecule has 0 aliphatic heterocycles. The van der Waals surface area contributed by atoms with Gasteiger partial charge >= 0.3 is 0 Å². The molecule has 2 heterocycles. The number of fused-ring (bicyclic) bond motifs is 1. The summed E-state index contributed by atoms with van der Waals surface area (Å²) in [6.07, 6.45) is 3.99. The number of nitrogens with zero attached hydrogens (tertiary/aromatic N) is 2. The molecule has 0 bridgehead atoms. The first-order valence-corrected chi connectivity index (χ1v) is 9.12. The van der Waals surface area contributed by atoms with Crippen LogP contribution < -0.4 is 10.1 Å². The van der Waals surface area contributed by atoms with Crippen LogP contribution in [0, 0.1) is 13.8 Å². The van der Waals surface area contributed by atoms with Crippen molar-refractivity contribution in [1.82, 2.24) is 9.38 Å². The van der Waals surface area contributed by atoms with Gasteiger partial charge in [-0.05, 0) is 49.7 Å². The van der Waals surface area contributed by atoms with Crippen molar-refractivity contribution in [2.24, 2.45) is 0 Å². The molecule has 1 N–H and O–H groups in total. The number of anilines is 1. The lowest BCUT2D eigenvalue weighted by atomic mass is 10.1. The Labute approximate surface area is 163 Å². The highest BCUT2D eigenvalue weighted by atomic mass is 16.5. The van der Waals surface area contributed by atoms with E-state index < -0.39 is 0 Å². The molecule has 0 aliphatic rings. The largest absolute Gasteiger partial charge is 0.484 e. The van der Waals surface area contributed by atoms with Gasteiger partial charge in [-0.1, -0.05) is 35.9 Å². The summed E-state index contributed by atoms with van der Waals surface area (Å²) in [6, 6.07) is 19.3. The number of carbonyl (C=O) groups excluding carboxylic acids is 1. The zero-order valence-corrected chi connectivity index (χ0v) is 15.8. The van der Waals surface area contributed by atoms with Crippen molar-refractivity contribution in [2.75, 3.05) is 11.9 Å². The number of benzene rings is 2. The maximum atomic E-state index is 12.1. The Morgan fingerprint density at radius 1 is 1.04 bits per heavy atom.